The Bertz CT molecular complexity index is 362. The molecule has 0 amide bonds. The number of hydrogen-bond donors (Lipinski definition) is 2. The largest absolute Gasteiger partial charge is 0.284 e. The van der Waals surface area contributed by atoms with Crippen LogP contribution in [0.3, 0.4) is 0 Å². The number of halogens is 1. The minimum Gasteiger partial charge on any atom is -0.284 e. The van der Waals surface area contributed by atoms with E-state index >= 15 is 0 Å². The third kappa shape index (κ3) is 3.55. The standard InChI is InChI=1S/C7H12ClN3O2S/c1-6(2-8)5-14(12,13)11-7-3-9-10-4-7/h3-4,6,11H,2,5H2,1H3,(H,9,10). The molecule has 14 heavy (non-hydrogen) atoms. The number of H-pyrrole nitrogens is 1. The predicted octanol–water partition coefficient (Wildman–Crippen LogP) is 1.03. The van der Waals surface area contributed by atoms with Gasteiger partial charge in [-0.2, -0.15) is 5.10 Å². The normalized spacial score (nSPS) is 13.9. The van der Waals surface area contributed by atoms with Gasteiger partial charge in [-0.3, -0.25) is 9.82 Å². The Hall–Kier alpha value is -0.750. The third-order valence-electron chi connectivity index (χ3n) is 1.54. The van der Waals surface area contributed by atoms with Crippen LogP contribution in [0.4, 0.5) is 5.69 Å². The highest BCUT2D eigenvalue weighted by molar-refractivity contribution is 7.92. The highest BCUT2D eigenvalue weighted by Gasteiger charge is 2.15. The van der Waals surface area contributed by atoms with Gasteiger partial charge in [-0.1, -0.05) is 6.92 Å². The minimum atomic E-state index is -3.31. The predicted molar refractivity (Wildman–Crippen MR) is 55.9 cm³/mol. The van der Waals surface area contributed by atoms with E-state index in [2.05, 4.69) is 14.9 Å². The summed E-state index contributed by atoms with van der Waals surface area (Å²) in [7, 11) is -3.31. The highest BCUT2D eigenvalue weighted by Crippen LogP contribution is 2.08. The van der Waals surface area contributed by atoms with Crippen LogP contribution in [0.1, 0.15) is 6.92 Å². The van der Waals surface area contributed by atoms with E-state index in [9.17, 15) is 8.42 Å². The number of rotatable bonds is 5. The van der Waals surface area contributed by atoms with Gasteiger partial charge >= 0.3 is 0 Å². The maximum Gasteiger partial charge on any atom is 0.233 e. The van der Waals surface area contributed by atoms with Gasteiger partial charge in [0.25, 0.3) is 0 Å². The molecule has 1 aromatic rings. The van der Waals surface area contributed by atoms with Crippen LogP contribution >= 0.6 is 11.6 Å². The van der Waals surface area contributed by atoms with Crippen molar-refractivity contribution in [3.63, 3.8) is 0 Å². The second kappa shape index (κ2) is 4.65. The Kier molecular flexibility index (Phi) is 3.77. The second-order valence-corrected chi connectivity index (χ2v) is 5.21. The minimum absolute atomic E-state index is 0.0156. The molecule has 0 radical (unpaired) electrons. The monoisotopic (exact) mass is 237 g/mol. The molecule has 1 aromatic heterocycles. The molecule has 0 spiro atoms. The topological polar surface area (TPSA) is 74.8 Å². The lowest BCUT2D eigenvalue weighted by Crippen LogP contribution is -2.21. The molecule has 0 aliphatic rings. The molecule has 1 heterocycles. The van der Waals surface area contributed by atoms with E-state index in [4.69, 9.17) is 11.6 Å². The highest BCUT2D eigenvalue weighted by atomic mass is 35.5. The molecule has 0 aromatic carbocycles. The van der Waals surface area contributed by atoms with Crippen LogP contribution < -0.4 is 4.72 Å². The van der Waals surface area contributed by atoms with Gasteiger partial charge in [0.2, 0.25) is 10.0 Å². The lowest BCUT2D eigenvalue weighted by atomic mass is 10.3. The Morgan fingerprint density at radius 3 is 2.93 bits per heavy atom. The van der Waals surface area contributed by atoms with E-state index < -0.39 is 10.0 Å². The molecule has 0 saturated carbocycles. The molecule has 1 unspecified atom stereocenters. The van der Waals surface area contributed by atoms with Gasteiger partial charge < -0.3 is 0 Å². The summed E-state index contributed by atoms with van der Waals surface area (Å²) in [4.78, 5) is 0. The van der Waals surface area contributed by atoms with Crippen molar-refractivity contribution in [2.75, 3.05) is 16.4 Å². The van der Waals surface area contributed by atoms with Gasteiger partial charge in [0.05, 0.1) is 17.6 Å². The van der Waals surface area contributed by atoms with Crippen LogP contribution in [-0.4, -0.2) is 30.2 Å². The molecule has 0 saturated heterocycles. The van der Waals surface area contributed by atoms with Crippen molar-refractivity contribution < 1.29 is 8.42 Å². The molecule has 0 bridgehead atoms. The van der Waals surface area contributed by atoms with Gasteiger partial charge in [0.1, 0.15) is 0 Å². The molecule has 0 fully saturated rings. The van der Waals surface area contributed by atoms with Crippen LogP contribution in [-0.2, 0) is 10.0 Å². The Labute approximate surface area is 87.9 Å². The first-order valence-corrected chi connectivity index (χ1v) is 6.27. The second-order valence-electron chi connectivity index (χ2n) is 3.13. The first-order valence-electron chi connectivity index (χ1n) is 4.09. The van der Waals surface area contributed by atoms with E-state index in [0.29, 0.717) is 11.6 Å². The third-order valence-corrected chi connectivity index (χ3v) is 3.62. The number of nitrogens with one attached hydrogen (secondary N) is 2. The van der Waals surface area contributed by atoms with Crippen molar-refractivity contribution in [3.8, 4) is 0 Å². The number of nitrogens with zero attached hydrogens (tertiary/aromatic N) is 1. The molecule has 0 aliphatic heterocycles. The summed E-state index contributed by atoms with van der Waals surface area (Å²) in [5.74, 6) is 0.273. The number of hydrogen-bond acceptors (Lipinski definition) is 3. The molecular formula is C7H12ClN3O2S. The summed E-state index contributed by atoms with van der Waals surface area (Å²) in [6.45, 7) is 1.78. The Balaban J connectivity index is 2.59. The van der Waals surface area contributed by atoms with Crippen LogP contribution in [0.2, 0.25) is 0 Å². The van der Waals surface area contributed by atoms with Crippen molar-refractivity contribution in [1.82, 2.24) is 10.2 Å². The smallest absolute Gasteiger partial charge is 0.233 e. The number of alkyl halides is 1. The molecule has 2 N–H and O–H groups in total. The van der Waals surface area contributed by atoms with Gasteiger partial charge in [0, 0.05) is 12.1 Å². The summed E-state index contributed by atoms with van der Waals surface area (Å²) < 4.78 is 25.3. The van der Waals surface area contributed by atoms with Gasteiger partial charge in [-0.05, 0) is 5.92 Å². The molecule has 80 valence electrons. The SMILES string of the molecule is CC(CCl)CS(=O)(=O)Nc1cn[nH]c1. The fraction of sp³-hybridized carbons (Fsp3) is 0.571. The first kappa shape index (κ1) is 11.3. The average Bonchev–Trinajstić information content (AvgIpc) is 2.54. The molecule has 1 rings (SSSR count). The Morgan fingerprint density at radius 1 is 1.71 bits per heavy atom. The maximum absolute atomic E-state index is 11.5. The van der Waals surface area contributed by atoms with E-state index in [1.807, 2.05) is 0 Å². The zero-order valence-electron chi connectivity index (χ0n) is 7.70. The average molecular weight is 238 g/mol. The fourth-order valence-electron chi connectivity index (χ4n) is 0.947. The zero-order valence-corrected chi connectivity index (χ0v) is 9.27. The quantitative estimate of drug-likeness (QED) is 0.751. The fourth-order valence-corrected chi connectivity index (χ4v) is 2.61. The van der Waals surface area contributed by atoms with E-state index in [-0.39, 0.29) is 11.7 Å². The van der Waals surface area contributed by atoms with Crippen molar-refractivity contribution in [2.24, 2.45) is 5.92 Å². The van der Waals surface area contributed by atoms with E-state index in [0.717, 1.165) is 0 Å². The molecule has 0 aliphatic carbocycles. The van der Waals surface area contributed by atoms with Crippen LogP contribution in [0.25, 0.3) is 0 Å². The van der Waals surface area contributed by atoms with Gasteiger partial charge in [-0.25, -0.2) is 8.42 Å². The summed E-state index contributed by atoms with van der Waals surface area (Å²) in [5.41, 5.74) is 0.437. The van der Waals surface area contributed by atoms with Crippen LogP contribution in [0, 0.1) is 5.92 Å². The number of aromatic nitrogens is 2. The number of aromatic amines is 1. The van der Waals surface area contributed by atoms with Crippen molar-refractivity contribution >= 4 is 27.3 Å². The van der Waals surface area contributed by atoms with E-state index in [1.165, 1.54) is 12.4 Å². The summed E-state index contributed by atoms with van der Waals surface area (Å²) in [6.07, 6.45) is 2.88. The van der Waals surface area contributed by atoms with Crippen LogP contribution in [0.5, 0.6) is 0 Å². The van der Waals surface area contributed by atoms with Gasteiger partial charge in [0.15, 0.2) is 0 Å². The van der Waals surface area contributed by atoms with Crippen molar-refractivity contribution in [2.45, 2.75) is 6.92 Å². The van der Waals surface area contributed by atoms with Crippen LogP contribution in [0.15, 0.2) is 12.4 Å². The summed E-state index contributed by atoms with van der Waals surface area (Å²) in [6, 6.07) is 0. The molecule has 1 atom stereocenters. The lowest BCUT2D eigenvalue weighted by molar-refractivity contribution is 0.588. The molecular weight excluding hydrogens is 226 g/mol. The van der Waals surface area contributed by atoms with Crippen molar-refractivity contribution in [3.05, 3.63) is 12.4 Å². The maximum atomic E-state index is 11.5. The molecule has 7 heteroatoms. The van der Waals surface area contributed by atoms with Gasteiger partial charge in [-0.15, -0.1) is 11.6 Å². The zero-order chi connectivity index (χ0) is 10.6. The van der Waals surface area contributed by atoms with Crippen molar-refractivity contribution in [1.29, 1.82) is 0 Å². The molecule has 5 nitrogen and oxygen atoms in total. The van der Waals surface area contributed by atoms with E-state index in [1.54, 1.807) is 6.92 Å². The summed E-state index contributed by atoms with van der Waals surface area (Å²) >= 11 is 5.53. The lowest BCUT2D eigenvalue weighted by Gasteiger charge is -2.09. The first-order chi connectivity index (χ1) is 6.53. The Morgan fingerprint density at radius 2 is 2.43 bits per heavy atom. The number of anilines is 1. The summed E-state index contributed by atoms with van der Waals surface area (Å²) in [5, 5.41) is 6.14. The number of sulfonamides is 1.